The smallest absolute Gasteiger partial charge is 0.135 e. The quantitative estimate of drug-likeness (QED) is 0.545. The zero-order valence-corrected chi connectivity index (χ0v) is 9.14. The average molecular weight is 186 g/mol. The van der Waals surface area contributed by atoms with Gasteiger partial charge in [-0.1, -0.05) is 26.7 Å². The van der Waals surface area contributed by atoms with E-state index < -0.39 is 0 Å². The molecule has 0 fully saturated rings. The van der Waals surface area contributed by atoms with E-state index in [9.17, 15) is 4.79 Å². The third-order valence-electron chi connectivity index (χ3n) is 2.17. The van der Waals surface area contributed by atoms with Gasteiger partial charge in [0, 0.05) is 26.1 Å². The Bertz CT molecular complexity index is 130. The van der Waals surface area contributed by atoms with E-state index in [-0.39, 0.29) is 5.92 Å². The van der Waals surface area contributed by atoms with Gasteiger partial charge in [-0.3, -0.25) is 4.79 Å². The third kappa shape index (κ3) is 7.97. The fourth-order valence-electron chi connectivity index (χ4n) is 1.19. The molecule has 0 atom stereocenters. The molecule has 0 rings (SSSR count). The Hall–Kier alpha value is -0.370. The monoisotopic (exact) mass is 186 g/mol. The van der Waals surface area contributed by atoms with E-state index in [1.165, 1.54) is 6.42 Å². The lowest BCUT2D eigenvalue weighted by molar-refractivity contribution is -0.122. The number of methoxy groups -OCH3 is 1. The largest absolute Gasteiger partial charge is 0.385 e. The Morgan fingerprint density at radius 3 is 2.31 bits per heavy atom. The molecule has 0 aliphatic heterocycles. The predicted molar refractivity (Wildman–Crippen MR) is 54.8 cm³/mol. The molecule has 13 heavy (non-hydrogen) atoms. The topological polar surface area (TPSA) is 26.3 Å². The van der Waals surface area contributed by atoms with Gasteiger partial charge >= 0.3 is 0 Å². The van der Waals surface area contributed by atoms with Crippen molar-refractivity contribution in [1.29, 1.82) is 0 Å². The van der Waals surface area contributed by atoms with Gasteiger partial charge in [-0.25, -0.2) is 0 Å². The van der Waals surface area contributed by atoms with Crippen molar-refractivity contribution in [2.24, 2.45) is 5.92 Å². The highest BCUT2D eigenvalue weighted by atomic mass is 16.5. The van der Waals surface area contributed by atoms with Gasteiger partial charge in [-0.15, -0.1) is 0 Å². The third-order valence-corrected chi connectivity index (χ3v) is 2.17. The van der Waals surface area contributed by atoms with Crippen LogP contribution in [0.3, 0.4) is 0 Å². The van der Waals surface area contributed by atoms with Crippen LogP contribution in [0.15, 0.2) is 0 Å². The molecule has 0 bridgehead atoms. The Kier molecular flexibility index (Phi) is 8.00. The summed E-state index contributed by atoms with van der Waals surface area (Å²) in [6.07, 6.45) is 5.25. The standard InChI is InChI=1S/C11H22O2/c1-10(2)11(12)8-6-4-5-7-9-13-3/h10H,4-9H2,1-3H3. The predicted octanol–water partition coefficient (Wildman–Crippen LogP) is 2.81. The van der Waals surface area contributed by atoms with E-state index in [1.807, 2.05) is 13.8 Å². The summed E-state index contributed by atoms with van der Waals surface area (Å²) in [5.74, 6) is 0.603. The first-order chi connectivity index (χ1) is 6.18. The van der Waals surface area contributed by atoms with Crippen LogP contribution in [0.25, 0.3) is 0 Å². The van der Waals surface area contributed by atoms with Gasteiger partial charge in [0.05, 0.1) is 0 Å². The second-order valence-corrected chi connectivity index (χ2v) is 3.78. The second kappa shape index (κ2) is 8.24. The maximum absolute atomic E-state index is 11.2. The molecule has 0 aromatic rings. The lowest BCUT2D eigenvalue weighted by Crippen LogP contribution is -2.06. The first-order valence-electron chi connectivity index (χ1n) is 5.20. The normalized spacial score (nSPS) is 10.8. The fraction of sp³-hybridized carbons (Fsp3) is 0.909. The van der Waals surface area contributed by atoms with Crippen LogP contribution in [0.1, 0.15) is 46.0 Å². The van der Waals surface area contributed by atoms with Gasteiger partial charge in [0.15, 0.2) is 0 Å². The highest BCUT2D eigenvalue weighted by Crippen LogP contribution is 2.07. The number of ether oxygens (including phenoxy) is 1. The summed E-state index contributed by atoms with van der Waals surface area (Å²) in [7, 11) is 1.72. The van der Waals surface area contributed by atoms with Crippen molar-refractivity contribution in [3.05, 3.63) is 0 Å². The maximum Gasteiger partial charge on any atom is 0.135 e. The van der Waals surface area contributed by atoms with Gasteiger partial charge in [0.25, 0.3) is 0 Å². The summed E-state index contributed by atoms with van der Waals surface area (Å²) in [5.41, 5.74) is 0. The number of rotatable bonds is 8. The van der Waals surface area contributed by atoms with Crippen molar-refractivity contribution in [2.45, 2.75) is 46.0 Å². The molecule has 2 nitrogen and oxygen atoms in total. The summed E-state index contributed by atoms with van der Waals surface area (Å²) in [6, 6.07) is 0. The highest BCUT2D eigenvalue weighted by Gasteiger charge is 2.05. The molecule has 0 saturated carbocycles. The number of carbonyl (C=O) groups excluding carboxylic acids is 1. The molecule has 2 heteroatoms. The van der Waals surface area contributed by atoms with Crippen molar-refractivity contribution in [2.75, 3.05) is 13.7 Å². The molecular weight excluding hydrogens is 164 g/mol. The van der Waals surface area contributed by atoms with Crippen LogP contribution < -0.4 is 0 Å². The molecule has 0 aromatic carbocycles. The summed E-state index contributed by atoms with van der Waals surface area (Å²) in [5, 5.41) is 0. The van der Waals surface area contributed by atoms with Crippen molar-refractivity contribution in [1.82, 2.24) is 0 Å². The van der Waals surface area contributed by atoms with Crippen molar-refractivity contribution in [3.63, 3.8) is 0 Å². The summed E-state index contributed by atoms with van der Waals surface area (Å²) in [4.78, 5) is 11.2. The SMILES string of the molecule is COCCCCCCC(=O)C(C)C. The van der Waals surface area contributed by atoms with Crippen molar-refractivity contribution < 1.29 is 9.53 Å². The zero-order chi connectivity index (χ0) is 10.1. The number of carbonyl (C=O) groups is 1. The van der Waals surface area contributed by atoms with E-state index in [1.54, 1.807) is 7.11 Å². The van der Waals surface area contributed by atoms with Crippen LogP contribution in [0.4, 0.5) is 0 Å². The Morgan fingerprint density at radius 2 is 1.77 bits per heavy atom. The molecule has 0 amide bonds. The average Bonchev–Trinajstić information content (AvgIpc) is 2.10. The first-order valence-corrected chi connectivity index (χ1v) is 5.20. The molecule has 0 radical (unpaired) electrons. The van der Waals surface area contributed by atoms with E-state index in [0.29, 0.717) is 5.78 Å². The minimum Gasteiger partial charge on any atom is -0.385 e. The van der Waals surface area contributed by atoms with Gasteiger partial charge in [-0.05, 0) is 12.8 Å². The summed E-state index contributed by atoms with van der Waals surface area (Å²) < 4.78 is 4.94. The molecule has 0 aliphatic rings. The Labute approximate surface area is 81.7 Å². The van der Waals surface area contributed by atoms with E-state index >= 15 is 0 Å². The van der Waals surface area contributed by atoms with Crippen LogP contribution >= 0.6 is 0 Å². The Morgan fingerprint density at radius 1 is 1.15 bits per heavy atom. The first kappa shape index (κ1) is 12.6. The fourth-order valence-corrected chi connectivity index (χ4v) is 1.19. The second-order valence-electron chi connectivity index (χ2n) is 3.78. The minimum atomic E-state index is 0.207. The molecule has 0 saturated heterocycles. The van der Waals surface area contributed by atoms with Crippen LogP contribution in [0, 0.1) is 5.92 Å². The molecule has 0 spiro atoms. The zero-order valence-electron chi connectivity index (χ0n) is 9.14. The number of ketones is 1. The number of hydrogen-bond acceptors (Lipinski definition) is 2. The number of unbranched alkanes of at least 4 members (excludes halogenated alkanes) is 3. The van der Waals surface area contributed by atoms with Crippen molar-refractivity contribution in [3.8, 4) is 0 Å². The molecule has 0 aromatic heterocycles. The minimum absolute atomic E-state index is 0.207. The van der Waals surface area contributed by atoms with Gasteiger partial charge in [-0.2, -0.15) is 0 Å². The van der Waals surface area contributed by atoms with Gasteiger partial charge in [0.2, 0.25) is 0 Å². The lowest BCUT2D eigenvalue weighted by atomic mass is 10.0. The summed E-state index contributed by atoms with van der Waals surface area (Å²) in [6.45, 7) is 4.78. The highest BCUT2D eigenvalue weighted by molar-refractivity contribution is 5.80. The molecular formula is C11H22O2. The van der Waals surface area contributed by atoms with E-state index in [2.05, 4.69) is 0 Å². The lowest BCUT2D eigenvalue weighted by Gasteiger charge is -2.03. The summed E-state index contributed by atoms with van der Waals surface area (Å²) >= 11 is 0. The molecule has 0 aliphatic carbocycles. The molecule has 0 unspecified atom stereocenters. The van der Waals surface area contributed by atoms with Crippen LogP contribution in [0.5, 0.6) is 0 Å². The van der Waals surface area contributed by atoms with Gasteiger partial charge < -0.3 is 4.74 Å². The number of Topliss-reactive ketones (excluding diaryl/α,β-unsaturated/α-hetero) is 1. The Balaban J connectivity index is 3.12. The molecule has 0 heterocycles. The van der Waals surface area contributed by atoms with Crippen LogP contribution in [0.2, 0.25) is 0 Å². The molecule has 78 valence electrons. The maximum atomic E-state index is 11.2. The number of hydrogen-bond donors (Lipinski definition) is 0. The van der Waals surface area contributed by atoms with Gasteiger partial charge in [0.1, 0.15) is 5.78 Å². The van der Waals surface area contributed by atoms with Crippen LogP contribution in [-0.2, 0) is 9.53 Å². The van der Waals surface area contributed by atoms with Crippen LogP contribution in [-0.4, -0.2) is 19.5 Å². The van der Waals surface area contributed by atoms with Crippen molar-refractivity contribution >= 4 is 5.78 Å². The van der Waals surface area contributed by atoms with E-state index in [4.69, 9.17) is 4.74 Å². The van der Waals surface area contributed by atoms with E-state index in [0.717, 1.165) is 32.3 Å². The molecule has 0 N–H and O–H groups in total.